The van der Waals surface area contributed by atoms with Crippen molar-refractivity contribution in [3.05, 3.63) is 102 Å². The Labute approximate surface area is 282 Å². The van der Waals surface area contributed by atoms with E-state index in [0.29, 0.717) is 22.4 Å². The molecule has 0 spiro atoms. The molecule has 2 heterocycles. The van der Waals surface area contributed by atoms with Gasteiger partial charge in [0.2, 0.25) is 5.82 Å². The third kappa shape index (κ3) is 8.72. The van der Waals surface area contributed by atoms with Crippen LogP contribution in [-0.4, -0.2) is 46.9 Å². The van der Waals surface area contributed by atoms with Gasteiger partial charge in [0.05, 0.1) is 18.2 Å². The van der Waals surface area contributed by atoms with Crippen molar-refractivity contribution >= 4 is 23.7 Å². The van der Waals surface area contributed by atoms with Crippen LogP contribution in [0.25, 0.3) is 34.2 Å². The zero-order chi connectivity index (χ0) is 36.2. The second-order valence-electron chi connectivity index (χ2n) is 11.9. The van der Waals surface area contributed by atoms with Crippen molar-refractivity contribution in [3.8, 4) is 34.2 Å². The van der Waals surface area contributed by atoms with Gasteiger partial charge in [-0.3, -0.25) is 10.1 Å². The number of nitrogens with zero attached hydrogens (tertiary/aromatic N) is 2. The number of hydrogen-bond donors (Lipinski definition) is 2. The van der Waals surface area contributed by atoms with Gasteiger partial charge < -0.3 is 23.7 Å². The van der Waals surface area contributed by atoms with Crippen molar-refractivity contribution < 1.29 is 50.4 Å². The van der Waals surface area contributed by atoms with Gasteiger partial charge in [0, 0.05) is 23.2 Å². The smallest absolute Gasteiger partial charge is 0.416 e. The maximum atomic E-state index is 15.3. The molecule has 11 nitrogen and oxygen atoms in total. The number of amides is 2. The molecule has 0 aliphatic rings. The van der Waals surface area contributed by atoms with Gasteiger partial charge in [-0.05, 0) is 87.0 Å². The molecule has 50 heavy (non-hydrogen) atoms. The Morgan fingerprint density at radius 3 is 2.20 bits per heavy atom. The number of ether oxygens (including phenoxy) is 2. The maximum Gasteiger partial charge on any atom is 0.416 e. The van der Waals surface area contributed by atoms with E-state index in [2.05, 4.69) is 20.8 Å². The number of aromatic nitrogens is 2. The van der Waals surface area contributed by atoms with Crippen LogP contribution in [0.5, 0.6) is 0 Å². The number of esters is 1. The van der Waals surface area contributed by atoms with E-state index >= 15 is 4.39 Å². The molecule has 0 aliphatic heterocycles. The fourth-order valence-electron chi connectivity index (χ4n) is 4.67. The van der Waals surface area contributed by atoms with E-state index < -0.39 is 47.2 Å². The number of furan rings is 1. The lowest BCUT2D eigenvalue weighted by Gasteiger charge is -2.19. The summed E-state index contributed by atoms with van der Waals surface area (Å²) in [4.78, 5) is 41.8. The van der Waals surface area contributed by atoms with Crippen molar-refractivity contribution in [2.24, 2.45) is 0 Å². The maximum absolute atomic E-state index is 15.3. The van der Waals surface area contributed by atoms with E-state index in [1.165, 1.54) is 36.4 Å². The van der Waals surface area contributed by atoms with E-state index in [4.69, 9.17) is 18.4 Å². The van der Waals surface area contributed by atoms with Crippen LogP contribution < -0.4 is 10.6 Å². The summed E-state index contributed by atoms with van der Waals surface area (Å²) in [5.41, 5.74) is 0.119. The van der Waals surface area contributed by atoms with Gasteiger partial charge in [0.1, 0.15) is 23.2 Å². The summed E-state index contributed by atoms with van der Waals surface area (Å²) in [6.45, 7) is 5.24. The Hall–Kier alpha value is -5.99. The Morgan fingerprint density at radius 2 is 1.58 bits per heavy atom. The molecule has 2 amide bonds. The molecule has 15 heteroatoms. The fourth-order valence-corrected chi connectivity index (χ4v) is 4.67. The molecule has 3 aromatic carbocycles. The third-order valence-corrected chi connectivity index (χ3v) is 7.03. The molecular formula is C35H30F4N4O7. The molecule has 5 aromatic rings. The molecule has 1 unspecified atom stereocenters. The van der Waals surface area contributed by atoms with Crippen LogP contribution in [0.4, 0.5) is 28.0 Å². The van der Waals surface area contributed by atoms with Crippen molar-refractivity contribution in [2.45, 2.75) is 45.0 Å². The summed E-state index contributed by atoms with van der Waals surface area (Å²) < 4.78 is 74.9. The predicted octanol–water partition coefficient (Wildman–Crippen LogP) is 7.68. The molecule has 5 rings (SSSR count). The number of methoxy groups -OCH3 is 1. The second-order valence-corrected chi connectivity index (χ2v) is 11.9. The lowest BCUT2D eigenvalue weighted by atomic mass is 10.0. The van der Waals surface area contributed by atoms with Gasteiger partial charge in [0.25, 0.3) is 11.8 Å². The van der Waals surface area contributed by atoms with Crippen molar-refractivity contribution in [1.82, 2.24) is 15.5 Å². The summed E-state index contributed by atoms with van der Waals surface area (Å²) in [5, 5.41) is 8.97. The molecule has 0 saturated heterocycles. The highest BCUT2D eigenvalue weighted by Crippen LogP contribution is 2.32. The standard InChI is InChI=1S/C35H30F4N4O7/c1-34(2,3)49-33(46)40-23-12-8-21(9-13-23)31-42-29(43-50-31)24-14-5-19(17-25(24)36)18-26(32(45)47-4)41-30(44)28-16-15-27(48-28)20-6-10-22(11-7-20)35(37,38)39/h5-17,26H,18H2,1-4H3,(H,40,46)(H,41,44). The zero-order valence-electron chi connectivity index (χ0n) is 27.1. The van der Waals surface area contributed by atoms with E-state index in [-0.39, 0.29) is 35.2 Å². The van der Waals surface area contributed by atoms with Gasteiger partial charge in [0.15, 0.2) is 5.76 Å². The summed E-state index contributed by atoms with van der Waals surface area (Å²) in [6, 6.07) is 16.2. The van der Waals surface area contributed by atoms with E-state index in [1.807, 2.05) is 0 Å². The Morgan fingerprint density at radius 1 is 0.900 bits per heavy atom. The van der Waals surface area contributed by atoms with Crippen LogP contribution in [-0.2, 0) is 26.9 Å². The topological polar surface area (TPSA) is 146 Å². The lowest BCUT2D eigenvalue weighted by Crippen LogP contribution is -2.43. The summed E-state index contributed by atoms with van der Waals surface area (Å²) >= 11 is 0. The molecule has 2 aromatic heterocycles. The average Bonchev–Trinajstić information content (AvgIpc) is 3.74. The van der Waals surface area contributed by atoms with Crippen molar-refractivity contribution in [2.75, 3.05) is 12.4 Å². The van der Waals surface area contributed by atoms with Gasteiger partial charge in [-0.15, -0.1) is 0 Å². The minimum Gasteiger partial charge on any atom is -0.467 e. The van der Waals surface area contributed by atoms with Crippen molar-refractivity contribution in [3.63, 3.8) is 0 Å². The van der Waals surface area contributed by atoms with E-state index in [9.17, 15) is 27.6 Å². The van der Waals surface area contributed by atoms with Crippen LogP contribution in [0, 0.1) is 5.82 Å². The number of halogens is 4. The highest BCUT2D eigenvalue weighted by Gasteiger charge is 2.30. The Balaban J connectivity index is 1.24. The number of anilines is 1. The molecule has 1 atom stereocenters. The number of hydrogen-bond acceptors (Lipinski definition) is 9. The third-order valence-electron chi connectivity index (χ3n) is 7.03. The molecule has 260 valence electrons. The quantitative estimate of drug-likeness (QED) is 0.117. The largest absolute Gasteiger partial charge is 0.467 e. The molecule has 2 N–H and O–H groups in total. The minimum absolute atomic E-state index is 0.0111. The predicted molar refractivity (Wildman–Crippen MR) is 171 cm³/mol. The SMILES string of the molecule is COC(=O)C(Cc1ccc(-c2noc(-c3ccc(NC(=O)OC(C)(C)C)cc3)n2)c(F)c1)NC(=O)c1ccc(-c2ccc(C(F)(F)F)cc2)o1. The van der Waals surface area contributed by atoms with Gasteiger partial charge in [-0.25, -0.2) is 14.0 Å². The first-order chi connectivity index (χ1) is 23.6. The van der Waals surface area contributed by atoms with Crippen molar-refractivity contribution in [1.29, 1.82) is 0 Å². The number of rotatable bonds is 9. The monoisotopic (exact) mass is 694 g/mol. The van der Waals surface area contributed by atoms with Crippen LogP contribution in [0.2, 0.25) is 0 Å². The van der Waals surface area contributed by atoms with Crippen LogP contribution >= 0.6 is 0 Å². The van der Waals surface area contributed by atoms with Gasteiger partial charge in [-0.2, -0.15) is 18.2 Å². The summed E-state index contributed by atoms with van der Waals surface area (Å²) in [5.74, 6) is -2.37. The second kappa shape index (κ2) is 14.2. The van der Waals surface area contributed by atoms with E-state index in [0.717, 1.165) is 25.3 Å². The summed E-state index contributed by atoms with van der Waals surface area (Å²) in [7, 11) is 1.12. The van der Waals surface area contributed by atoms with Gasteiger partial charge in [-0.1, -0.05) is 23.4 Å². The van der Waals surface area contributed by atoms with Crippen LogP contribution in [0.15, 0.2) is 87.8 Å². The first-order valence-electron chi connectivity index (χ1n) is 15.0. The molecule has 0 saturated carbocycles. The number of alkyl halides is 3. The van der Waals surface area contributed by atoms with Crippen LogP contribution in [0.3, 0.4) is 0 Å². The number of benzene rings is 3. The van der Waals surface area contributed by atoms with E-state index in [1.54, 1.807) is 45.0 Å². The highest BCUT2D eigenvalue weighted by atomic mass is 19.4. The number of carbonyl (C=O) groups excluding carboxylic acids is 3. The number of nitrogens with one attached hydrogen (secondary N) is 2. The minimum atomic E-state index is -4.51. The molecule has 0 aliphatic carbocycles. The Kier molecular flexibility index (Phi) is 10.1. The first-order valence-corrected chi connectivity index (χ1v) is 15.0. The highest BCUT2D eigenvalue weighted by molar-refractivity contribution is 5.95. The Bertz CT molecular complexity index is 2000. The normalized spacial score (nSPS) is 12.2. The zero-order valence-corrected chi connectivity index (χ0v) is 27.1. The fraction of sp³-hybridized carbons (Fsp3) is 0.229. The lowest BCUT2D eigenvalue weighted by molar-refractivity contribution is -0.143. The van der Waals surface area contributed by atoms with Crippen LogP contribution in [0.1, 0.15) is 42.5 Å². The van der Waals surface area contributed by atoms with Gasteiger partial charge >= 0.3 is 18.2 Å². The molecular weight excluding hydrogens is 664 g/mol. The summed E-state index contributed by atoms with van der Waals surface area (Å²) in [6.07, 6.45) is -5.28. The molecule has 0 bridgehead atoms. The molecule has 0 fully saturated rings. The average molecular weight is 695 g/mol. The molecule has 0 radical (unpaired) electrons. The number of carbonyl (C=O) groups is 3. The first kappa shape index (κ1) is 35.3.